The lowest BCUT2D eigenvalue weighted by Crippen LogP contribution is -2.34. The van der Waals surface area contributed by atoms with E-state index in [9.17, 15) is 9.59 Å². The van der Waals surface area contributed by atoms with Gasteiger partial charge in [-0.25, -0.2) is 9.48 Å². The molecule has 0 radical (unpaired) electrons. The third-order valence-corrected chi connectivity index (χ3v) is 4.74. The minimum Gasteiger partial charge on any atom is -0.451 e. The smallest absolute Gasteiger partial charge is 0.332 e. The summed E-state index contributed by atoms with van der Waals surface area (Å²) in [5, 5.41) is 13.8. The maximum absolute atomic E-state index is 12.8. The number of rotatable bonds is 8. The number of esters is 1. The number of hydrogen-bond donors (Lipinski definition) is 1. The maximum Gasteiger partial charge on any atom is 0.332 e. The van der Waals surface area contributed by atoms with Crippen LogP contribution in [0.15, 0.2) is 60.9 Å². The van der Waals surface area contributed by atoms with Gasteiger partial charge in [0.05, 0.1) is 0 Å². The molecule has 0 unspecified atom stereocenters. The number of anilines is 1. The number of nitrogens with one attached hydrogen (secondary N) is 1. The van der Waals surface area contributed by atoms with Gasteiger partial charge in [-0.15, -0.1) is 5.10 Å². The van der Waals surface area contributed by atoms with Crippen molar-refractivity contribution in [3.63, 3.8) is 0 Å². The van der Waals surface area contributed by atoms with Crippen LogP contribution in [0.2, 0.25) is 0 Å². The number of carbonyl (C=O) groups excluding carboxylic acids is 2. The fraction of sp³-hybridized carbons (Fsp3) is 0.318. The fourth-order valence-corrected chi connectivity index (χ4v) is 2.93. The quantitative estimate of drug-likeness (QED) is 0.576. The molecule has 3 rings (SSSR count). The molecule has 3 aromatic rings. The highest BCUT2D eigenvalue weighted by molar-refractivity contribution is 5.95. The van der Waals surface area contributed by atoms with E-state index in [2.05, 4.69) is 34.7 Å². The summed E-state index contributed by atoms with van der Waals surface area (Å²) >= 11 is 0. The van der Waals surface area contributed by atoms with Gasteiger partial charge in [-0.1, -0.05) is 56.3 Å². The molecule has 30 heavy (non-hydrogen) atoms. The minimum atomic E-state index is -0.975. The predicted molar refractivity (Wildman–Crippen MR) is 112 cm³/mol. The number of carbonyl (C=O) groups is 2. The SMILES string of the molecule is CC(C)c1ccc(NC(=O)[C@@H](C)OC(=O)[C@H](Cc2ccccc2)n2cnnn2)cc1. The number of hydrogen-bond acceptors (Lipinski definition) is 6. The summed E-state index contributed by atoms with van der Waals surface area (Å²) in [6, 6.07) is 16.3. The molecule has 0 fully saturated rings. The molecule has 0 aliphatic carbocycles. The van der Waals surface area contributed by atoms with Gasteiger partial charge in [-0.3, -0.25) is 4.79 Å². The molecule has 1 N–H and O–H groups in total. The Morgan fingerprint density at radius 1 is 1.03 bits per heavy atom. The second-order valence-corrected chi connectivity index (χ2v) is 7.34. The molecule has 2 aromatic carbocycles. The summed E-state index contributed by atoms with van der Waals surface area (Å²) in [6.07, 6.45) is 0.725. The molecule has 0 spiro atoms. The van der Waals surface area contributed by atoms with Crippen LogP contribution in [0.3, 0.4) is 0 Å². The lowest BCUT2D eigenvalue weighted by Gasteiger charge is -2.19. The summed E-state index contributed by atoms with van der Waals surface area (Å²) in [6.45, 7) is 5.74. The van der Waals surface area contributed by atoms with Gasteiger partial charge >= 0.3 is 5.97 Å². The zero-order valence-electron chi connectivity index (χ0n) is 17.2. The van der Waals surface area contributed by atoms with Crippen molar-refractivity contribution in [2.45, 2.75) is 45.3 Å². The van der Waals surface area contributed by atoms with E-state index >= 15 is 0 Å². The highest BCUT2D eigenvalue weighted by atomic mass is 16.5. The summed E-state index contributed by atoms with van der Waals surface area (Å²) in [5.74, 6) is -0.581. The molecular weight excluding hydrogens is 382 g/mol. The van der Waals surface area contributed by atoms with Crippen molar-refractivity contribution in [3.05, 3.63) is 72.1 Å². The van der Waals surface area contributed by atoms with E-state index < -0.39 is 24.0 Å². The van der Waals surface area contributed by atoms with Gasteiger partial charge in [0.15, 0.2) is 12.1 Å². The first-order valence-electron chi connectivity index (χ1n) is 9.81. The van der Waals surface area contributed by atoms with E-state index in [4.69, 9.17) is 4.74 Å². The van der Waals surface area contributed by atoms with Gasteiger partial charge < -0.3 is 10.1 Å². The summed E-state index contributed by atoms with van der Waals surface area (Å²) in [4.78, 5) is 25.3. The van der Waals surface area contributed by atoms with Crippen LogP contribution in [0, 0.1) is 0 Å². The van der Waals surface area contributed by atoms with Gasteiger partial charge in [-0.05, 0) is 46.5 Å². The zero-order chi connectivity index (χ0) is 21.5. The molecule has 156 valence electrons. The second-order valence-electron chi connectivity index (χ2n) is 7.34. The van der Waals surface area contributed by atoms with Crippen LogP contribution in [-0.4, -0.2) is 38.2 Å². The first-order chi connectivity index (χ1) is 14.4. The fourth-order valence-electron chi connectivity index (χ4n) is 2.93. The molecule has 1 amide bonds. The first-order valence-corrected chi connectivity index (χ1v) is 9.81. The number of tetrazole rings is 1. The normalized spacial score (nSPS) is 12.9. The Hall–Kier alpha value is -3.55. The van der Waals surface area contributed by atoms with Gasteiger partial charge in [0.25, 0.3) is 5.91 Å². The molecule has 8 heteroatoms. The van der Waals surface area contributed by atoms with Crippen LogP contribution in [-0.2, 0) is 20.7 Å². The molecule has 0 bridgehead atoms. The van der Waals surface area contributed by atoms with E-state index in [0.29, 0.717) is 18.0 Å². The van der Waals surface area contributed by atoms with Gasteiger partial charge in [-0.2, -0.15) is 0 Å². The maximum atomic E-state index is 12.8. The van der Waals surface area contributed by atoms with Crippen LogP contribution in [0.25, 0.3) is 0 Å². The second kappa shape index (κ2) is 9.78. The molecule has 8 nitrogen and oxygen atoms in total. The summed E-state index contributed by atoms with van der Waals surface area (Å²) in [5.41, 5.74) is 2.75. The minimum absolute atomic E-state index is 0.343. The Bertz CT molecular complexity index is 956. The number of nitrogens with zero attached hydrogens (tertiary/aromatic N) is 4. The highest BCUT2D eigenvalue weighted by Gasteiger charge is 2.28. The standard InChI is InChI=1S/C22H25N5O3/c1-15(2)18-9-11-19(12-10-18)24-21(28)16(3)30-22(29)20(27-14-23-25-26-27)13-17-7-5-4-6-8-17/h4-12,14-16,20H,13H2,1-3H3,(H,24,28)/t16-,20+/m1/s1. The van der Waals surface area contributed by atoms with Crippen molar-refractivity contribution in [1.82, 2.24) is 20.2 Å². The van der Waals surface area contributed by atoms with Gasteiger partial charge in [0, 0.05) is 12.1 Å². The molecule has 0 aliphatic heterocycles. The van der Waals surface area contributed by atoms with Crippen molar-refractivity contribution in [3.8, 4) is 0 Å². The van der Waals surface area contributed by atoms with Crippen LogP contribution in [0.1, 0.15) is 43.9 Å². The third-order valence-electron chi connectivity index (χ3n) is 4.74. The van der Waals surface area contributed by atoms with Crippen LogP contribution >= 0.6 is 0 Å². The molecule has 1 aromatic heterocycles. The zero-order valence-corrected chi connectivity index (χ0v) is 17.2. The molecule has 1 heterocycles. The average molecular weight is 407 g/mol. The Morgan fingerprint density at radius 3 is 2.33 bits per heavy atom. The monoisotopic (exact) mass is 407 g/mol. The van der Waals surface area contributed by atoms with Crippen molar-refractivity contribution in [2.75, 3.05) is 5.32 Å². The summed E-state index contributed by atoms with van der Waals surface area (Å²) in [7, 11) is 0. The van der Waals surface area contributed by atoms with E-state index in [-0.39, 0.29) is 0 Å². The van der Waals surface area contributed by atoms with Crippen LogP contribution < -0.4 is 5.32 Å². The predicted octanol–water partition coefficient (Wildman–Crippen LogP) is 3.15. The van der Waals surface area contributed by atoms with Crippen molar-refractivity contribution in [2.24, 2.45) is 0 Å². The van der Waals surface area contributed by atoms with Crippen molar-refractivity contribution in [1.29, 1.82) is 0 Å². The largest absolute Gasteiger partial charge is 0.451 e. The lowest BCUT2D eigenvalue weighted by atomic mass is 10.0. The molecule has 0 saturated carbocycles. The van der Waals surface area contributed by atoms with Crippen molar-refractivity contribution < 1.29 is 14.3 Å². The topological polar surface area (TPSA) is 99.0 Å². The van der Waals surface area contributed by atoms with Gasteiger partial charge in [0.2, 0.25) is 0 Å². The summed E-state index contributed by atoms with van der Waals surface area (Å²) < 4.78 is 6.78. The van der Waals surface area contributed by atoms with Crippen molar-refractivity contribution >= 4 is 17.6 Å². The third kappa shape index (κ3) is 5.50. The van der Waals surface area contributed by atoms with Crippen LogP contribution in [0.4, 0.5) is 5.69 Å². The molecule has 0 aliphatic rings. The van der Waals surface area contributed by atoms with E-state index in [1.54, 1.807) is 0 Å². The number of ether oxygens (including phenoxy) is 1. The molecular formula is C22H25N5O3. The number of aromatic nitrogens is 4. The average Bonchev–Trinajstić information content (AvgIpc) is 3.27. The molecule has 0 saturated heterocycles. The van der Waals surface area contributed by atoms with E-state index in [1.165, 1.54) is 23.5 Å². The van der Waals surface area contributed by atoms with Gasteiger partial charge in [0.1, 0.15) is 6.33 Å². The Labute approximate surface area is 175 Å². The van der Waals surface area contributed by atoms with E-state index in [1.807, 2.05) is 54.6 Å². The Balaban J connectivity index is 1.64. The molecule has 2 atom stereocenters. The van der Waals surface area contributed by atoms with Crippen LogP contribution in [0.5, 0.6) is 0 Å². The number of benzene rings is 2. The Morgan fingerprint density at radius 2 is 1.73 bits per heavy atom. The highest BCUT2D eigenvalue weighted by Crippen LogP contribution is 2.19. The first kappa shape index (κ1) is 21.2. The lowest BCUT2D eigenvalue weighted by molar-refractivity contribution is -0.156. The van der Waals surface area contributed by atoms with E-state index in [0.717, 1.165) is 5.56 Å². The number of amides is 1. The Kier molecular flexibility index (Phi) is 6.90.